The van der Waals surface area contributed by atoms with Gasteiger partial charge >= 0.3 is 0 Å². The van der Waals surface area contributed by atoms with Crippen LogP contribution in [-0.2, 0) is 10.1 Å². The molecule has 0 saturated carbocycles. The first kappa shape index (κ1) is 20.9. The number of aliphatic hydroxyl groups is 1. The number of hydrogen-bond acceptors (Lipinski definition) is 3. The summed E-state index contributed by atoms with van der Waals surface area (Å²) in [4.78, 5) is 0. The van der Waals surface area contributed by atoms with Crippen LogP contribution in [-0.4, -0.2) is 29.4 Å². The molecule has 0 heterocycles. The molecule has 0 aliphatic carbocycles. The predicted molar refractivity (Wildman–Crippen MR) is 88.1 cm³/mol. The molecule has 2 atom stereocenters. The van der Waals surface area contributed by atoms with Crippen molar-refractivity contribution >= 4 is 10.1 Å². The Hall–Kier alpha value is -0.130. The fourth-order valence-electron chi connectivity index (χ4n) is 2.43. The van der Waals surface area contributed by atoms with Gasteiger partial charge in [0.05, 0.1) is 11.4 Å². The summed E-state index contributed by atoms with van der Waals surface area (Å²) in [6.45, 7) is 3.70. The third kappa shape index (κ3) is 13.3. The van der Waals surface area contributed by atoms with Gasteiger partial charge in [-0.05, 0) is 26.2 Å². The van der Waals surface area contributed by atoms with Crippen molar-refractivity contribution in [3.05, 3.63) is 0 Å². The lowest BCUT2D eigenvalue weighted by Gasteiger charge is -2.09. The van der Waals surface area contributed by atoms with Crippen LogP contribution in [0.3, 0.4) is 0 Å². The Morgan fingerprint density at radius 3 is 1.71 bits per heavy atom. The number of unbranched alkanes of at least 4 members (excludes halogenated alkanes) is 7. The van der Waals surface area contributed by atoms with Gasteiger partial charge in [0.2, 0.25) is 0 Å². The Morgan fingerprint density at radius 1 is 0.810 bits per heavy atom. The Labute approximate surface area is 131 Å². The molecule has 2 N–H and O–H groups in total. The molecule has 21 heavy (non-hydrogen) atoms. The second kappa shape index (κ2) is 12.4. The first-order valence-corrected chi connectivity index (χ1v) is 10.0. The molecule has 0 fully saturated rings. The van der Waals surface area contributed by atoms with Crippen LogP contribution in [0, 0.1) is 0 Å². The molecule has 0 radical (unpaired) electrons. The highest BCUT2D eigenvalue weighted by molar-refractivity contribution is 7.86. The van der Waals surface area contributed by atoms with E-state index in [4.69, 9.17) is 4.55 Å². The van der Waals surface area contributed by atoms with E-state index in [0.717, 1.165) is 51.4 Å². The van der Waals surface area contributed by atoms with Crippen molar-refractivity contribution < 1.29 is 18.1 Å². The lowest BCUT2D eigenvalue weighted by molar-refractivity contribution is 0.148. The molecule has 128 valence electrons. The zero-order chi connectivity index (χ0) is 16.1. The fraction of sp³-hybridized carbons (Fsp3) is 1.00. The summed E-state index contributed by atoms with van der Waals surface area (Å²) in [5, 5.41) is 9.06. The van der Waals surface area contributed by atoms with Crippen molar-refractivity contribution in [2.24, 2.45) is 0 Å². The Morgan fingerprint density at radius 2 is 1.24 bits per heavy atom. The molecule has 0 bridgehead atoms. The molecule has 5 heteroatoms. The van der Waals surface area contributed by atoms with E-state index in [1.165, 1.54) is 19.3 Å². The second-order valence-electron chi connectivity index (χ2n) is 6.17. The van der Waals surface area contributed by atoms with Gasteiger partial charge < -0.3 is 5.11 Å². The summed E-state index contributed by atoms with van der Waals surface area (Å²) in [6.07, 6.45) is 12.2. The van der Waals surface area contributed by atoms with Crippen LogP contribution in [0.1, 0.15) is 90.9 Å². The van der Waals surface area contributed by atoms with Crippen molar-refractivity contribution in [1.29, 1.82) is 0 Å². The first-order chi connectivity index (χ1) is 9.88. The summed E-state index contributed by atoms with van der Waals surface area (Å²) < 4.78 is 30.5. The molecule has 0 aliphatic rings. The Bertz CT molecular complexity index is 327. The predicted octanol–water partition coefficient (Wildman–Crippen LogP) is 4.32. The Kier molecular flexibility index (Phi) is 12.3. The van der Waals surface area contributed by atoms with Gasteiger partial charge in [-0.15, -0.1) is 0 Å². The lowest BCUT2D eigenvalue weighted by Crippen LogP contribution is -2.16. The zero-order valence-corrected chi connectivity index (χ0v) is 14.6. The van der Waals surface area contributed by atoms with Gasteiger partial charge in [0, 0.05) is 0 Å². The van der Waals surface area contributed by atoms with E-state index >= 15 is 0 Å². The van der Waals surface area contributed by atoms with Crippen LogP contribution in [0.5, 0.6) is 0 Å². The van der Waals surface area contributed by atoms with E-state index < -0.39 is 15.4 Å². The van der Waals surface area contributed by atoms with Crippen molar-refractivity contribution in [3.8, 4) is 0 Å². The van der Waals surface area contributed by atoms with Gasteiger partial charge in [0.1, 0.15) is 0 Å². The second-order valence-corrected chi connectivity index (χ2v) is 8.01. The molecule has 0 aromatic carbocycles. The molecule has 0 saturated heterocycles. The molecule has 2 unspecified atom stereocenters. The molecule has 0 rings (SSSR count). The van der Waals surface area contributed by atoms with E-state index in [1.807, 2.05) is 0 Å². The van der Waals surface area contributed by atoms with E-state index in [9.17, 15) is 13.5 Å². The molecule has 0 aromatic rings. The van der Waals surface area contributed by atoms with Gasteiger partial charge in [-0.1, -0.05) is 64.7 Å². The van der Waals surface area contributed by atoms with Crippen LogP contribution < -0.4 is 0 Å². The number of rotatable bonds is 14. The van der Waals surface area contributed by atoms with Crippen molar-refractivity contribution in [2.45, 2.75) is 102 Å². The van der Waals surface area contributed by atoms with E-state index in [0.29, 0.717) is 6.42 Å². The van der Waals surface area contributed by atoms with E-state index in [2.05, 4.69) is 6.92 Å². The summed E-state index contributed by atoms with van der Waals surface area (Å²) in [5.41, 5.74) is 0. The highest BCUT2D eigenvalue weighted by atomic mass is 32.2. The van der Waals surface area contributed by atoms with Crippen molar-refractivity contribution in [3.63, 3.8) is 0 Å². The van der Waals surface area contributed by atoms with E-state index in [-0.39, 0.29) is 6.10 Å². The van der Waals surface area contributed by atoms with Crippen LogP contribution in [0.15, 0.2) is 0 Å². The zero-order valence-electron chi connectivity index (χ0n) is 13.8. The van der Waals surface area contributed by atoms with Crippen molar-refractivity contribution in [2.75, 3.05) is 0 Å². The van der Waals surface area contributed by atoms with Gasteiger partial charge in [-0.3, -0.25) is 4.55 Å². The maximum Gasteiger partial charge on any atom is 0.267 e. The van der Waals surface area contributed by atoms with Crippen LogP contribution in [0.25, 0.3) is 0 Å². The van der Waals surface area contributed by atoms with Gasteiger partial charge in [-0.2, -0.15) is 8.42 Å². The largest absolute Gasteiger partial charge is 0.393 e. The van der Waals surface area contributed by atoms with E-state index in [1.54, 1.807) is 6.92 Å². The summed E-state index contributed by atoms with van der Waals surface area (Å²) in [5.74, 6) is 0. The minimum atomic E-state index is -3.85. The quantitative estimate of drug-likeness (QED) is 0.369. The average Bonchev–Trinajstić information content (AvgIpc) is 2.41. The number of hydrogen-bond donors (Lipinski definition) is 2. The summed E-state index contributed by atoms with van der Waals surface area (Å²) >= 11 is 0. The highest BCUT2D eigenvalue weighted by Gasteiger charge is 2.15. The number of aliphatic hydroxyl groups excluding tert-OH is 1. The standard InChI is InChI=1S/C16H34O4S/c1-3-4-13-16(17)14-11-9-7-5-6-8-10-12-15(2)21(18,19)20/h15-17H,3-14H2,1-2H3,(H,18,19,20). The van der Waals surface area contributed by atoms with Crippen LogP contribution in [0.4, 0.5) is 0 Å². The summed E-state index contributed by atoms with van der Waals surface area (Å²) in [7, 11) is -3.85. The van der Waals surface area contributed by atoms with Gasteiger partial charge in [-0.25, -0.2) is 0 Å². The lowest BCUT2D eigenvalue weighted by atomic mass is 10.0. The molecule has 4 nitrogen and oxygen atoms in total. The highest BCUT2D eigenvalue weighted by Crippen LogP contribution is 2.14. The molecule has 0 amide bonds. The molecular weight excluding hydrogens is 288 g/mol. The van der Waals surface area contributed by atoms with Gasteiger partial charge in [0.15, 0.2) is 0 Å². The monoisotopic (exact) mass is 322 g/mol. The minimum absolute atomic E-state index is 0.119. The third-order valence-corrected chi connectivity index (χ3v) is 5.30. The maximum atomic E-state index is 10.8. The molecule has 0 aromatic heterocycles. The normalized spacial score (nSPS) is 15.0. The molecular formula is C16H34O4S. The maximum absolute atomic E-state index is 10.8. The molecule has 0 aliphatic heterocycles. The smallest absolute Gasteiger partial charge is 0.267 e. The third-order valence-electron chi connectivity index (χ3n) is 4.05. The topological polar surface area (TPSA) is 74.6 Å². The van der Waals surface area contributed by atoms with Crippen molar-refractivity contribution in [1.82, 2.24) is 0 Å². The Balaban J connectivity index is 3.30. The van der Waals surface area contributed by atoms with Crippen LogP contribution in [0.2, 0.25) is 0 Å². The van der Waals surface area contributed by atoms with Gasteiger partial charge in [0.25, 0.3) is 10.1 Å². The molecule has 0 spiro atoms. The average molecular weight is 323 g/mol. The SMILES string of the molecule is CCCCC(O)CCCCCCCCCC(C)S(=O)(=O)O. The fourth-order valence-corrected chi connectivity index (χ4v) is 2.89. The minimum Gasteiger partial charge on any atom is -0.393 e. The summed E-state index contributed by atoms with van der Waals surface area (Å²) in [6, 6.07) is 0. The van der Waals surface area contributed by atoms with Crippen LogP contribution >= 0.6 is 0 Å². The first-order valence-electron chi connectivity index (χ1n) is 8.52.